The number of rotatable bonds is 2. The Kier molecular flexibility index (Phi) is 3.57. The molecule has 0 aromatic heterocycles. The molecule has 16 heavy (non-hydrogen) atoms. The van der Waals surface area contributed by atoms with Gasteiger partial charge in [-0.3, -0.25) is 4.79 Å². The van der Waals surface area contributed by atoms with Crippen LogP contribution in [0.1, 0.15) is 33.6 Å². The van der Waals surface area contributed by atoms with Crippen LogP contribution in [0.3, 0.4) is 0 Å². The Morgan fingerprint density at radius 1 is 1.38 bits per heavy atom. The van der Waals surface area contributed by atoms with Crippen molar-refractivity contribution >= 4 is 11.9 Å². The molecule has 92 valence electrons. The summed E-state index contributed by atoms with van der Waals surface area (Å²) in [6.45, 7) is 5.90. The van der Waals surface area contributed by atoms with Gasteiger partial charge in [0.05, 0.1) is 6.10 Å². The minimum absolute atomic E-state index is 0.130. The average molecular weight is 229 g/mol. The number of carbonyl (C=O) groups excluding carboxylic acids is 1. The van der Waals surface area contributed by atoms with E-state index in [2.05, 4.69) is 0 Å². The largest absolute Gasteiger partial charge is 0.480 e. The van der Waals surface area contributed by atoms with Crippen molar-refractivity contribution in [3.05, 3.63) is 0 Å². The predicted molar refractivity (Wildman–Crippen MR) is 57.8 cm³/mol. The van der Waals surface area contributed by atoms with Crippen molar-refractivity contribution in [3.8, 4) is 0 Å². The van der Waals surface area contributed by atoms with Crippen LogP contribution in [0.5, 0.6) is 0 Å². The average Bonchev–Trinajstić information content (AvgIpc) is 2.44. The van der Waals surface area contributed by atoms with Crippen molar-refractivity contribution in [1.29, 1.82) is 0 Å². The molecule has 0 aliphatic carbocycles. The smallest absolute Gasteiger partial charge is 0.326 e. The molecule has 1 aliphatic rings. The van der Waals surface area contributed by atoms with Crippen LogP contribution < -0.4 is 0 Å². The van der Waals surface area contributed by atoms with Gasteiger partial charge >= 0.3 is 5.97 Å². The van der Waals surface area contributed by atoms with E-state index in [-0.39, 0.29) is 24.3 Å². The minimum atomic E-state index is -1.04. The van der Waals surface area contributed by atoms with E-state index in [1.165, 1.54) is 4.90 Å². The number of aliphatic hydroxyl groups is 1. The lowest BCUT2D eigenvalue weighted by atomic mass is 9.91. The van der Waals surface area contributed by atoms with Gasteiger partial charge in [0, 0.05) is 19.4 Å². The Morgan fingerprint density at radius 2 is 1.94 bits per heavy atom. The third kappa shape index (κ3) is 3.20. The summed E-state index contributed by atoms with van der Waals surface area (Å²) in [5.41, 5.74) is -0.173. The van der Waals surface area contributed by atoms with E-state index >= 15 is 0 Å². The number of likely N-dealkylation sites (tertiary alicyclic amines) is 1. The number of hydrogen-bond donors (Lipinski definition) is 2. The molecule has 2 N–H and O–H groups in total. The Bertz CT molecular complexity index is 295. The second-order valence-electron chi connectivity index (χ2n) is 5.53. The van der Waals surface area contributed by atoms with Crippen molar-refractivity contribution in [2.45, 2.75) is 45.8 Å². The lowest BCUT2D eigenvalue weighted by Crippen LogP contribution is -2.41. The zero-order chi connectivity index (χ0) is 12.5. The van der Waals surface area contributed by atoms with Crippen LogP contribution in [0.4, 0.5) is 0 Å². The predicted octanol–water partition coefficient (Wildman–Crippen LogP) is 0.469. The maximum absolute atomic E-state index is 11.9. The summed E-state index contributed by atoms with van der Waals surface area (Å²) in [6, 6.07) is -0.871. The van der Waals surface area contributed by atoms with Crippen LogP contribution >= 0.6 is 0 Å². The summed E-state index contributed by atoms with van der Waals surface area (Å²) in [7, 11) is 0. The topological polar surface area (TPSA) is 77.8 Å². The lowest BCUT2D eigenvalue weighted by molar-refractivity contribution is -0.148. The molecule has 0 aromatic rings. The molecule has 5 nitrogen and oxygen atoms in total. The minimum Gasteiger partial charge on any atom is -0.480 e. The molecular formula is C11H19NO4. The zero-order valence-corrected chi connectivity index (χ0v) is 9.93. The number of nitrogens with zero attached hydrogens (tertiary/aromatic N) is 1. The number of hydrogen-bond acceptors (Lipinski definition) is 3. The number of carboxylic acids is 1. The molecule has 0 unspecified atom stereocenters. The number of amides is 1. The normalized spacial score (nSPS) is 25.9. The fraction of sp³-hybridized carbons (Fsp3) is 0.818. The first-order chi connectivity index (χ1) is 7.20. The van der Waals surface area contributed by atoms with E-state index < -0.39 is 18.1 Å². The standard InChI is InChI=1S/C11H19NO4/c1-11(2,3)5-9(14)12-6-7(13)4-8(12)10(15)16/h7-8,13H,4-6H2,1-3H3,(H,15,16)/t7-,8+/m1/s1. The van der Waals surface area contributed by atoms with E-state index in [1.54, 1.807) is 0 Å². The first-order valence-electron chi connectivity index (χ1n) is 5.41. The van der Waals surface area contributed by atoms with Crippen LogP contribution in [-0.2, 0) is 9.59 Å². The van der Waals surface area contributed by atoms with Crippen LogP contribution in [0.2, 0.25) is 0 Å². The van der Waals surface area contributed by atoms with E-state index in [1.807, 2.05) is 20.8 Å². The van der Waals surface area contributed by atoms with Gasteiger partial charge < -0.3 is 15.1 Å². The second kappa shape index (κ2) is 4.41. The van der Waals surface area contributed by atoms with Gasteiger partial charge in [0.15, 0.2) is 0 Å². The van der Waals surface area contributed by atoms with E-state index in [4.69, 9.17) is 5.11 Å². The van der Waals surface area contributed by atoms with Crippen molar-refractivity contribution in [2.24, 2.45) is 5.41 Å². The van der Waals surface area contributed by atoms with Crippen LogP contribution in [0.15, 0.2) is 0 Å². The number of β-amino-alcohol motifs (C(OH)–C–C–N with tert-alkyl or cyclic N) is 1. The molecule has 0 saturated carbocycles. The van der Waals surface area contributed by atoms with Gasteiger partial charge in [-0.15, -0.1) is 0 Å². The third-order valence-electron chi connectivity index (χ3n) is 2.57. The van der Waals surface area contributed by atoms with E-state index in [0.29, 0.717) is 6.42 Å². The molecule has 5 heteroatoms. The molecule has 0 radical (unpaired) electrons. The number of aliphatic carboxylic acids is 1. The lowest BCUT2D eigenvalue weighted by Gasteiger charge is -2.25. The molecule has 2 atom stereocenters. The highest BCUT2D eigenvalue weighted by molar-refractivity contribution is 5.84. The monoisotopic (exact) mass is 229 g/mol. The summed E-state index contributed by atoms with van der Waals surface area (Å²) in [5.74, 6) is -1.24. The summed E-state index contributed by atoms with van der Waals surface area (Å²) in [4.78, 5) is 24.1. The maximum atomic E-state index is 11.9. The van der Waals surface area contributed by atoms with Gasteiger partial charge in [-0.1, -0.05) is 20.8 Å². The highest BCUT2D eigenvalue weighted by Crippen LogP contribution is 2.24. The molecular weight excluding hydrogens is 210 g/mol. The SMILES string of the molecule is CC(C)(C)CC(=O)N1C[C@H](O)C[C@H]1C(=O)O. The summed E-state index contributed by atoms with van der Waals surface area (Å²) < 4.78 is 0. The van der Waals surface area contributed by atoms with Crippen molar-refractivity contribution in [3.63, 3.8) is 0 Å². The highest BCUT2D eigenvalue weighted by atomic mass is 16.4. The Balaban J connectivity index is 2.71. The first-order valence-corrected chi connectivity index (χ1v) is 5.41. The van der Waals surface area contributed by atoms with Crippen LogP contribution in [0, 0.1) is 5.41 Å². The molecule has 1 rings (SSSR count). The van der Waals surface area contributed by atoms with Gasteiger partial charge in [0.2, 0.25) is 5.91 Å². The fourth-order valence-electron chi connectivity index (χ4n) is 1.88. The Labute approximate surface area is 95.1 Å². The van der Waals surface area contributed by atoms with E-state index in [9.17, 15) is 14.7 Å². The summed E-state index contributed by atoms with van der Waals surface area (Å²) in [5, 5.41) is 18.4. The fourth-order valence-corrected chi connectivity index (χ4v) is 1.88. The molecule has 1 heterocycles. The van der Waals surface area contributed by atoms with Crippen molar-refractivity contribution < 1.29 is 19.8 Å². The molecule has 0 bridgehead atoms. The second-order valence-corrected chi connectivity index (χ2v) is 5.53. The summed E-state index contributed by atoms with van der Waals surface area (Å²) in [6.07, 6.45) is -0.292. The number of carbonyl (C=O) groups is 2. The van der Waals surface area contributed by atoms with Gasteiger partial charge in [-0.2, -0.15) is 0 Å². The molecule has 1 fully saturated rings. The third-order valence-corrected chi connectivity index (χ3v) is 2.57. The number of carboxylic acid groups (broad SMARTS) is 1. The van der Waals surface area contributed by atoms with Crippen molar-refractivity contribution in [2.75, 3.05) is 6.54 Å². The molecule has 0 spiro atoms. The molecule has 1 amide bonds. The molecule has 0 aromatic carbocycles. The first kappa shape index (κ1) is 13.0. The van der Waals surface area contributed by atoms with E-state index in [0.717, 1.165) is 0 Å². The van der Waals surface area contributed by atoms with Crippen molar-refractivity contribution in [1.82, 2.24) is 4.90 Å². The van der Waals surface area contributed by atoms with Crippen LogP contribution in [0.25, 0.3) is 0 Å². The number of aliphatic hydroxyl groups excluding tert-OH is 1. The maximum Gasteiger partial charge on any atom is 0.326 e. The molecule has 1 saturated heterocycles. The zero-order valence-electron chi connectivity index (χ0n) is 9.93. The Hall–Kier alpha value is -1.10. The van der Waals surface area contributed by atoms with Gasteiger partial charge in [0.1, 0.15) is 6.04 Å². The van der Waals surface area contributed by atoms with Gasteiger partial charge in [-0.25, -0.2) is 4.79 Å². The summed E-state index contributed by atoms with van der Waals surface area (Å²) >= 11 is 0. The highest BCUT2D eigenvalue weighted by Gasteiger charge is 2.39. The van der Waals surface area contributed by atoms with Gasteiger partial charge in [-0.05, 0) is 5.41 Å². The molecule has 1 aliphatic heterocycles. The Morgan fingerprint density at radius 3 is 2.38 bits per heavy atom. The van der Waals surface area contributed by atoms with Gasteiger partial charge in [0.25, 0.3) is 0 Å². The van der Waals surface area contributed by atoms with Crippen LogP contribution in [-0.4, -0.2) is 45.7 Å². The quantitative estimate of drug-likeness (QED) is 0.721.